The van der Waals surface area contributed by atoms with Gasteiger partial charge in [0.25, 0.3) is 0 Å². The number of hydrogen-bond donors (Lipinski definition) is 1. The van der Waals surface area contributed by atoms with Crippen molar-refractivity contribution in [1.82, 2.24) is 10.1 Å². The molecule has 2 aromatic heterocycles. The summed E-state index contributed by atoms with van der Waals surface area (Å²) in [4.78, 5) is 6.63. The van der Waals surface area contributed by atoms with Crippen molar-refractivity contribution in [2.75, 3.05) is 0 Å². The molecule has 0 unspecified atom stereocenters. The Kier molecular flexibility index (Phi) is 0.887. The van der Waals surface area contributed by atoms with Gasteiger partial charge in [0.05, 0.1) is 0 Å². The van der Waals surface area contributed by atoms with Crippen LogP contribution < -0.4 is 0 Å². The van der Waals surface area contributed by atoms with Crippen LogP contribution in [0.5, 0.6) is 0 Å². The summed E-state index contributed by atoms with van der Waals surface area (Å²) in [6.45, 7) is 3.37. The first kappa shape index (κ1) is 5.22. The van der Waals surface area contributed by atoms with Crippen molar-refractivity contribution < 1.29 is 4.52 Å². The van der Waals surface area contributed by atoms with Crippen molar-refractivity contribution in [3.05, 3.63) is 12.3 Å². The lowest BCUT2D eigenvalue weighted by Gasteiger charge is -1.77. The standard InChI is InChI=1S/C6H5N3O/c1-7-6-2-4-5(8-6)3-10-9-4/h2-3,8H,1H2. The highest BCUT2D eigenvalue weighted by atomic mass is 16.5. The van der Waals surface area contributed by atoms with E-state index < -0.39 is 0 Å². The topological polar surface area (TPSA) is 54.2 Å². The lowest BCUT2D eigenvalue weighted by Crippen LogP contribution is -1.57. The zero-order chi connectivity index (χ0) is 6.97. The Morgan fingerprint density at radius 3 is 3.30 bits per heavy atom. The molecule has 0 saturated heterocycles. The summed E-state index contributed by atoms with van der Waals surface area (Å²) in [6.07, 6.45) is 1.53. The summed E-state index contributed by atoms with van der Waals surface area (Å²) in [5.41, 5.74) is 1.63. The second-order valence-corrected chi connectivity index (χ2v) is 1.93. The smallest absolute Gasteiger partial charge is 0.148 e. The normalized spacial score (nSPS) is 10.4. The summed E-state index contributed by atoms with van der Waals surface area (Å²) in [5, 5.41) is 3.69. The second kappa shape index (κ2) is 1.70. The molecule has 1 N–H and O–H groups in total. The van der Waals surface area contributed by atoms with Crippen molar-refractivity contribution in [1.29, 1.82) is 0 Å². The van der Waals surface area contributed by atoms with E-state index in [-0.39, 0.29) is 0 Å². The van der Waals surface area contributed by atoms with Gasteiger partial charge in [-0.25, -0.2) is 4.99 Å². The maximum Gasteiger partial charge on any atom is 0.148 e. The summed E-state index contributed by atoms with van der Waals surface area (Å²) < 4.78 is 4.66. The van der Waals surface area contributed by atoms with Crippen LogP contribution in [0.3, 0.4) is 0 Å². The molecule has 2 heterocycles. The van der Waals surface area contributed by atoms with E-state index in [1.807, 2.05) is 0 Å². The van der Waals surface area contributed by atoms with Crippen LogP contribution in [-0.2, 0) is 0 Å². The number of aliphatic imine (C=N–C) groups is 1. The van der Waals surface area contributed by atoms with Crippen LogP contribution in [0.15, 0.2) is 21.8 Å². The number of rotatable bonds is 1. The number of nitrogens with one attached hydrogen (secondary N) is 1. The van der Waals surface area contributed by atoms with Gasteiger partial charge in [0.2, 0.25) is 0 Å². The van der Waals surface area contributed by atoms with Gasteiger partial charge in [-0.3, -0.25) is 0 Å². The predicted octanol–water partition coefficient (Wildman–Crippen LogP) is 1.49. The van der Waals surface area contributed by atoms with Crippen molar-refractivity contribution in [3.63, 3.8) is 0 Å². The molecule has 0 aliphatic rings. The Morgan fingerprint density at radius 1 is 1.70 bits per heavy atom. The molecule has 0 bridgehead atoms. The van der Waals surface area contributed by atoms with Crippen molar-refractivity contribution in [2.45, 2.75) is 0 Å². The molecule has 0 aliphatic carbocycles. The van der Waals surface area contributed by atoms with Gasteiger partial charge >= 0.3 is 0 Å². The Balaban J connectivity index is 2.78. The molecule has 0 saturated carbocycles. The highest BCUT2D eigenvalue weighted by Gasteiger charge is 2.00. The largest absolute Gasteiger partial charge is 0.362 e. The van der Waals surface area contributed by atoms with Crippen LogP contribution in [0.25, 0.3) is 11.0 Å². The summed E-state index contributed by atoms with van der Waals surface area (Å²) >= 11 is 0. The van der Waals surface area contributed by atoms with Crippen LogP contribution >= 0.6 is 0 Å². The van der Waals surface area contributed by atoms with Gasteiger partial charge in [-0.15, -0.1) is 0 Å². The van der Waals surface area contributed by atoms with E-state index in [0.29, 0.717) is 5.82 Å². The number of H-pyrrole nitrogens is 1. The van der Waals surface area contributed by atoms with Crippen LogP contribution in [0, 0.1) is 0 Å². The van der Waals surface area contributed by atoms with E-state index >= 15 is 0 Å². The minimum Gasteiger partial charge on any atom is -0.362 e. The molecule has 50 valence electrons. The fourth-order valence-electron chi connectivity index (χ4n) is 0.832. The minimum atomic E-state index is 0.716. The van der Waals surface area contributed by atoms with Crippen LogP contribution in [-0.4, -0.2) is 16.9 Å². The molecule has 0 spiro atoms. The van der Waals surface area contributed by atoms with Crippen LogP contribution in [0.1, 0.15) is 0 Å². The summed E-state index contributed by atoms with van der Waals surface area (Å²) in [6, 6.07) is 1.77. The van der Waals surface area contributed by atoms with Crippen LogP contribution in [0.2, 0.25) is 0 Å². The minimum absolute atomic E-state index is 0.716. The van der Waals surface area contributed by atoms with E-state index in [2.05, 4.69) is 26.4 Å². The number of nitrogens with zero attached hydrogens (tertiary/aromatic N) is 2. The van der Waals surface area contributed by atoms with Gasteiger partial charge in [0, 0.05) is 6.07 Å². The van der Waals surface area contributed by atoms with Gasteiger partial charge < -0.3 is 9.51 Å². The zero-order valence-electron chi connectivity index (χ0n) is 5.16. The molecule has 0 fully saturated rings. The molecule has 0 amide bonds. The quantitative estimate of drug-likeness (QED) is 0.602. The van der Waals surface area contributed by atoms with E-state index in [9.17, 15) is 0 Å². The van der Waals surface area contributed by atoms with E-state index in [4.69, 9.17) is 0 Å². The van der Waals surface area contributed by atoms with Crippen molar-refractivity contribution >= 4 is 23.6 Å². The highest BCUT2D eigenvalue weighted by molar-refractivity contribution is 5.78. The average molecular weight is 135 g/mol. The average Bonchev–Trinajstić information content (AvgIpc) is 2.42. The molecule has 0 atom stereocenters. The third-order valence-corrected chi connectivity index (χ3v) is 1.30. The van der Waals surface area contributed by atoms with Gasteiger partial charge in [-0.05, 0) is 6.72 Å². The van der Waals surface area contributed by atoms with Gasteiger partial charge in [-0.1, -0.05) is 5.16 Å². The van der Waals surface area contributed by atoms with Crippen molar-refractivity contribution in [2.24, 2.45) is 4.99 Å². The second-order valence-electron chi connectivity index (χ2n) is 1.93. The van der Waals surface area contributed by atoms with E-state index in [1.54, 1.807) is 6.07 Å². The number of aromatic amines is 1. The van der Waals surface area contributed by atoms with Gasteiger partial charge in [0.15, 0.2) is 0 Å². The third kappa shape index (κ3) is 0.556. The maximum absolute atomic E-state index is 4.66. The maximum atomic E-state index is 4.66. The Hall–Kier alpha value is -1.58. The first-order valence-corrected chi connectivity index (χ1v) is 2.80. The summed E-state index contributed by atoms with van der Waals surface area (Å²) in [5.74, 6) is 0.716. The number of hydrogen-bond acceptors (Lipinski definition) is 3. The first-order valence-electron chi connectivity index (χ1n) is 2.80. The third-order valence-electron chi connectivity index (χ3n) is 1.30. The molecule has 0 aromatic carbocycles. The lowest BCUT2D eigenvalue weighted by atomic mass is 10.5. The Bertz CT molecular complexity index is 331. The summed E-state index contributed by atoms with van der Waals surface area (Å²) in [7, 11) is 0. The monoisotopic (exact) mass is 135 g/mol. The Morgan fingerprint density at radius 2 is 2.60 bits per heavy atom. The first-order chi connectivity index (χ1) is 4.90. The molecule has 4 heteroatoms. The molecular weight excluding hydrogens is 130 g/mol. The predicted molar refractivity (Wildman–Crippen MR) is 37.6 cm³/mol. The van der Waals surface area contributed by atoms with Gasteiger partial charge in [-0.2, -0.15) is 0 Å². The number of fused-ring (bicyclic) bond motifs is 1. The molecule has 0 radical (unpaired) electrons. The molecular formula is C6H5N3O. The van der Waals surface area contributed by atoms with E-state index in [0.717, 1.165) is 11.0 Å². The molecule has 2 aromatic rings. The van der Waals surface area contributed by atoms with Crippen molar-refractivity contribution in [3.8, 4) is 0 Å². The fourth-order valence-corrected chi connectivity index (χ4v) is 0.832. The SMILES string of the molecule is C=Nc1cc2nocc2[nH]1. The van der Waals surface area contributed by atoms with Crippen LogP contribution in [0.4, 0.5) is 5.82 Å². The molecule has 2 rings (SSSR count). The lowest BCUT2D eigenvalue weighted by molar-refractivity contribution is 0.428. The van der Waals surface area contributed by atoms with E-state index in [1.165, 1.54) is 6.26 Å². The highest BCUT2D eigenvalue weighted by Crippen LogP contribution is 2.17. The molecule has 0 aliphatic heterocycles. The zero-order valence-corrected chi connectivity index (χ0v) is 5.16. The number of aromatic nitrogens is 2. The Labute approximate surface area is 56.5 Å². The molecule has 4 nitrogen and oxygen atoms in total. The fraction of sp³-hybridized carbons (Fsp3) is 0. The van der Waals surface area contributed by atoms with Gasteiger partial charge in [0.1, 0.15) is 23.1 Å². The molecule has 10 heavy (non-hydrogen) atoms.